The lowest BCUT2D eigenvalue weighted by Gasteiger charge is -2.21. The summed E-state index contributed by atoms with van der Waals surface area (Å²) in [5.41, 5.74) is 9.68. The minimum absolute atomic E-state index is 0.731. The fourth-order valence-electron chi connectivity index (χ4n) is 1.93. The Bertz CT molecular complexity index is 290. The van der Waals surface area contributed by atoms with Gasteiger partial charge in [0.15, 0.2) is 0 Å². The highest BCUT2D eigenvalue weighted by molar-refractivity contribution is 5.28. The highest BCUT2D eigenvalue weighted by Gasteiger charge is 2.15. The molecule has 1 aromatic heterocycles. The Morgan fingerprint density at radius 3 is 3.23 bits per heavy atom. The molecule has 0 radical (unpaired) electrons. The summed E-state index contributed by atoms with van der Waals surface area (Å²) in [7, 11) is 2.17. The lowest BCUT2D eigenvalue weighted by atomic mass is 10.1. The van der Waals surface area contributed by atoms with Crippen molar-refractivity contribution in [3.05, 3.63) is 23.0 Å². The molecule has 0 aromatic carbocycles. The minimum atomic E-state index is 0.731. The van der Waals surface area contributed by atoms with Crippen molar-refractivity contribution in [3.63, 3.8) is 0 Å². The summed E-state index contributed by atoms with van der Waals surface area (Å²) in [6, 6.07) is 2.26. The van der Waals surface area contributed by atoms with Crippen LogP contribution in [0.4, 0.5) is 0 Å². The predicted octanol–water partition coefficient (Wildman–Crippen LogP) is 0.504. The topological polar surface area (TPSA) is 45.0 Å². The molecule has 3 N–H and O–H groups in total. The Kier molecular flexibility index (Phi) is 2.38. The number of rotatable bonds is 2. The minimum Gasteiger partial charge on any atom is -0.362 e. The summed E-state index contributed by atoms with van der Waals surface area (Å²) < 4.78 is 0. The number of nitrogens with two attached hydrogens (primary N) is 1. The van der Waals surface area contributed by atoms with E-state index in [1.807, 2.05) is 0 Å². The third-order valence-corrected chi connectivity index (χ3v) is 2.64. The first kappa shape index (κ1) is 8.78. The second-order valence-corrected chi connectivity index (χ2v) is 3.82. The summed E-state index contributed by atoms with van der Waals surface area (Å²) in [5.74, 6) is 0. The smallest absolute Gasteiger partial charge is 0.0248 e. The predicted molar refractivity (Wildman–Crippen MR) is 53.6 cm³/mol. The number of aromatic amines is 1. The number of aromatic nitrogens is 1. The van der Waals surface area contributed by atoms with Crippen molar-refractivity contribution in [2.75, 3.05) is 20.1 Å². The van der Waals surface area contributed by atoms with Crippen LogP contribution in [-0.2, 0) is 19.4 Å². The maximum Gasteiger partial charge on any atom is 0.0248 e. The van der Waals surface area contributed by atoms with E-state index < -0.39 is 0 Å². The second kappa shape index (κ2) is 3.52. The molecule has 0 saturated carbocycles. The van der Waals surface area contributed by atoms with Crippen LogP contribution in [0.3, 0.4) is 0 Å². The molecule has 0 fully saturated rings. The maximum absolute atomic E-state index is 5.52. The maximum atomic E-state index is 5.52. The van der Waals surface area contributed by atoms with E-state index in [9.17, 15) is 0 Å². The van der Waals surface area contributed by atoms with Gasteiger partial charge >= 0.3 is 0 Å². The summed E-state index contributed by atoms with van der Waals surface area (Å²) in [6.07, 6.45) is 2.12. The first-order valence-electron chi connectivity index (χ1n) is 4.88. The molecule has 0 atom stereocenters. The van der Waals surface area contributed by atoms with Gasteiger partial charge in [-0.1, -0.05) is 0 Å². The van der Waals surface area contributed by atoms with E-state index in [2.05, 4.69) is 23.0 Å². The van der Waals surface area contributed by atoms with Crippen molar-refractivity contribution in [2.45, 2.75) is 19.4 Å². The van der Waals surface area contributed by atoms with Crippen molar-refractivity contribution < 1.29 is 0 Å². The van der Waals surface area contributed by atoms with Gasteiger partial charge in [-0.05, 0) is 31.6 Å². The Balaban J connectivity index is 2.18. The summed E-state index contributed by atoms with van der Waals surface area (Å²) in [4.78, 5) is 5.80. The van der Waals surface area contributed by atoms with E-state index >= 15 is 0 Å². The molecule has 3 heteroatoms. The fourth-order valence-corrected chi connectivity index (χ4v) is 1.93. The molecule has 2 rings (SSSR count). The Morgan fingerprint density at radius 2 is 2.46 bits per heavy atom. The molecule has 1 aromatic rings. The highest BCUT2D eigenvalue weighted by atomic mass is 15.1. The molecule has 2 heterocycles. The number of nitrogens with one attached hydrogen (secondary N) is 1. The second-order valence-electron chi connectivity index (χ2n) is 3.82. The fraction of sp³-hybridized carbons (Fsp3) is 0.600. The van der Waals surface area contributed by atoms with Gasteiger partial charge in [-0.25, -0.2) is 0 Å². The largest absolute Gasteiger partial charge is 0.362 e. The van der Waals surface area contributed by atoms with Crippen molar-refractivity contribution in [3.8, 4) is 0 Å². The van der Waals surface area contributed by atoms with Crippen LogP contribution in [0.25, 0.3) is 0 Å². The van der Waals surface area contributed by atoms with Gasteiger partial charge in [0.1, 0.15) is 0 Å². The zero-order valence-corrected chi connectivity index (χ0v) is 8.14. The standard InChI is InChI=1S/C10H17N3/c1-13-5-3-10-8(7-13)6-9(12-10)2-4-11/h6,12H,2-5,7,11H2,1H3. The monoisotopic (exact) mass is 179 g/mol. The molecule has 0 amide bonds. The third-order valence-electron chi connectivity index (χ3n) is 2.64. The molecule has 0 saturated heterocycles. The van der Waals surface area contributed by atoms with Gasteiger partial charge in [0.2, 0.25) is 0 Å². The average Bonchev–Trinajstić information content (AvgIpc) is 2.46. The van der Waals surface area contributed by atoms with E-state index in [0.29, 0.717) is 0 Å². The molecule has 72 valence electrons. The zero-order chi connectivity index (χ0) is 9.26. The van der Waals surface area contributed by atoms with Crippen molar-refractivity contribution in [2.24, 2.45) is 5.73 Å². The van der Waals surface area contributed by atoms with Crippen LogP contribution in [0.15, 0.2) is 6.07 Å². The molecule has 13 heavy (non-hydrogen) atoms. The summed E-state index contributed by atoms with van der Waals surface area (Å²) in [6.45, 7) is 2.97. The first-order valence-corrected chi connectivity index (χ1v) is 4.88. The van der Waals surface area contributed by atoms with Gasteiger partial charge in [0, 0.05) is 30.9 Å². The third kappa shape index (κ3) is 1.76. The van der Waals surface area contributed by atoms with Gasteiger partial charge < -0.3 is 15.6 Å². The van der Waals surface area contributed by atoms with E-state index in [1.165, 1.54) is 17.0 Å². The van der Waals surface area contributed by atoms with Gasteiger partial charge in [0.05, 0.1) is 0 Å². The van der Waals surface area contributed by atoms with E-state index in [-0.39, 0.29) is 0 Å². The van der Waals surface area contributed by atoms with Crippen LogP contribution in [-0.4, -0.2) is 30.0 Å². The molecule has 0 bridgehead atoms. The van der Waals surface area contributed by atoms with Gasteiger partial charge in [-0.15, -0.1) is 0 Å². The van der Waals surface area contributed by atoms with Crippen LogP contribution in [0.2, 0.25) is 0 Å². The highest BCUT2D eigenvalue weighted by Crippen LogP contribution is 2.18. The number of hydrogen-bond acceptors (Lipinski definition) is 2. The van der Waals surface area contributed by atoms with Crippen LogP contribution >= 0.6 is 0 Å². The van der Waals surface area contributed by atoms with E-state index in [4.69, 9.17) is 5.73 Å². The Hall–Kier alpha value is -0.800. The van der Waals surface area contributed by atoms with Gasteiger partial charge in [-0.3, -0.25) is 0 Å². The zero-order valence-electron chi connectivity index (χ0n) is 8.14. The summed E-state index contributed by atoms with van der Waals surface area (Å²) >= 11 is 0. The van der Waals surface area contributed by atoms with Crippen molar-refractivity contribution >= 4 is 0 Å². The molecule has 0 spiro atoms. The summed E-state index contributed by atoms with van der Waals surface area (Å²) in [5, 5.41) is 0. The van der Waals surface area contributed by atoms with E-state index in [0.717, 1.165) is 32.5 Å². The number of likely N-dealkylation sites (N-methyl/N-ethyl adjacent to an activating group) is 1. The number of H-pyrrole nitrogens is 1. The normalized spacial score (nSPS) is 17.4. The molecule has 3 nitrogen and oxygen atoms in total. The van der Waals surface area contributed by atoms with Crippen molar-refractivity contribution in [1.29, 1.82) is 0 Å². The first-order chi connectivity index (χ1) is 6.29. The lowest BCUT2D eigenvalue weighted by Crippen LogP contribution is -2.25. The Morgan fingerprint density at radius 1 is 1.62 bits per heavy atom. The van der Waals surface area contributed by atoms with Crippen molar-refractivity contribution in [1.82, 2.24) is 9.88 Å². The average molecular weight is 179 g/mol. The molecular formula is C10H17N3. The van der Waals surface area contributed by atoms with Crippen LogP contribution in [0.1, 0.15) is 17.0 Å². The molecule has 0 aliphatic carbocycles. The number of hydrogen-bond donors (Lipinski definition) is 2. The number of fused-ring (bicyclic) bond motifs is 1. The SMILES string of the molecule is CN1CCc2[nH]c(CCN)cc2C1. The van der Waals surface area contributed by atoms with E-state index in [1.54, 1.807) is 0 Å². The van der Waals surface area contributed by atoms with Crippen LogP contribution in [0, 0.1) is 0 Å². The molecule has 1 aliphatic heterocycles. The van der Waals surface area contributed by atoms with Gasteiger partial charge in [-0.2, -0.15) is 0 Å². The van der Waals surface area contributed by atoms with Gasteiger partial charge in [0.25, 0.3) is 0 Å². The quantitative estimate of drug-likeness (QED) is 0.694. The molecule has 0 unspecified atom stereocenters. The molecular weight excluding hydrogens is 162 g/mol. The lowest BCUT2D eigenvalue weighted by molar-refractivity contribution is 0.312. The Labute approximate surface area is 78.9 Å². The number of nitrogens with zero attached hydrogens (tertiary/aromatic N) is 1. The molecule has 1 aliphatic rings. The van der Waals surface area contributed by atoms with Crippen LogP contribution in [0.5, 0.6) is 0 Å². The van der Waals surface area contributed by atoms with Crippen LogP contribution < -0.4 is 5.73 Å².